The lowest BCUT2D eigenvalue weighted by Crippen LogP contribution is -1.91. The van der Waals surface area contributed by atoms with E-state index in [0.29, 0.717) is 0 Å². The van der Waals surface area contributed by atoms with Gasteiger partial charge >= 0.3 is 0 Å². The Morgan fingerprint density at radius 3 is 2.88 bits per heavy atom. The number of hydrogen-bond donors (Lipinski definition) is 0. The minimum Gasteiger partial charge on any atom is -0.295 e. The van der Waals surface area contributed by atoms with Gasteiger partial charge in [0.15, 0.2) is 5.78 Å². The first kappa shape index (κ1) is 14.0. The van der Waals surface area contributed by atoms with E-state index in [4.69, 9.17) is 0 Å². The molecule has 0 aliphatic heterocycles. The summed E-state index contributed by atoms with van der Waals surface area (Å²) in [5, 5.41) is 0. The van der Waals surface area contributed by atoms with Crippen LogP contribution in [0.2, 0.25) is 0 Å². The molecule has 92 valence electrons. The highest BCUT2D eigenvalue weighted by Crippen LogP contribution is 2.21. The van der Waals surface area contributed by atoms with Crippen molar-refractivity contribution in [1.29, 1.82) is 0 Å². The van der Waals surface area contributed by atoms with Crippen LogP contribution >= 0.6 is 11.8 Å². The molecular formula is C15H20OS. The molecule has 0 radical (unpaired) electrons. The first-order valence-corrected chi connectivity index (χ1v) is 7.07. The van der Waals surface area contributed by atoms with Gasteiger partial charge in [-0.2, -0.15) is 0 Å². The Kier molecular flexibility index (Phi) is 6.71. The van der Waals surface area contributed by atoms with Crippen molar-refractivity contribution < 1.29 is 4.79 Å². The largest absolute Gasteiger partial charge is 0.295 e. The van der Waals surface area contributed by atoms with Gasteiger partial charge in [0.1, 0.15) is 0 Å². The van der Waals surface area contributed by atoms with E-state index >= 15 is 0 Å². The number of rotatable bonds is 8. The molecule has 1 aromatic rings. The van der Waals surface area contributed by atoms with Crippen LogP contribution in [0.4, 0.5) is 0 Å². The highest BCUT2D eigenvalue weighted by atomic mass is 32.2. The van der Waals surface area contributed by atoms with Crippen LogP contribution in [0.25, 0.3) is 0 Å². The second kappa shape index (κ2) is 8.13. The maximum absolute atomic E-state index is 11.2. The predicted octanol–water partition coefficient (Wildman–Crippen LogP) is 4.73. The van der Waals surface area contributed by atoms with E-state index in [1.807, 2.05) is 36.0 Å². The zero-order valence-electron chi connectivity index (χ0n) is 10.4. The van der Waals surface area contributed by atoms with E-state index in [0.717, 1.165) is 17.7 Å². The first-order valence-electron chi connectivity index (χ1n) is 6.08. The van der Waals surface area contributed by atoms with Gasteiger partial charge in [-0.05, 0) is 44.1 Å². The van der Waals surface area contributed by atoms with Crippen molar-refractivity contribution in [2.45, 2.75) is 37.5 Å². The summed E-state index contributed by atoms with van der Waals surface area (Å²) in [4.78, 5) is 12.4. The van der Waals surface area contributed by atoms with Crippen molar-refractivity contribution in [2.75, 3.05) is 5.75 Å². The average Bonchev–Trinajstić information content (AvgIpc) is 2.34. The molecule has 1 nitrogen and oxygen atoms in total. The molecular weight excluding hydrogens is 228 g/mol. The van der Waals surface area contributed by atoms with E-state index in [1.165, 1.54) is 24.2 Å². The van der Waals surface area contributed by atoms with Gasteiger partial charge < -0.3 is 0 Å². The summed E-state index contributed by atoms with van der Waals surface area (Å²) in [5.41, 5.74) is 0.807. The van der Waals surface area contributed by atoms with Crippen LogP contribution in [0.15, 0.2) is 41.8 Å². The Balaban J connectivity index is 2.29. The van der Waals surface area contributed by atoms with Gasteiger partial charge in [0.2, 0.25) is 0 Å². The van der Waals surface area contributed by atoms with Crippen LogP contribution in [0.5, 0.6) is 0 Å². The topological polar surface area (TPSA) is 17.1 Å². The zero-order chi connectivity index (χ0) is 12.5. The van der Waals surface area contributed by atoms with E-state index in [2.05, 4.69) is 12.6 Å². The van der Waals surface area contributed by atoms with Crippen LogP contribution < -0.4 is 0 Å². The molecule has 0 saturated carbocycles. The lowest BCUT2D eigenvalue weighted by atomic mass is 10.2. The van der Waals surface area contributed by atoms with Crippen molar-refractivity contribution >= 4 is 17.5 Å². The third kappa shape index (κ3) is 5.73. The molecule has 0 aliphatic rings. The standard InChI is InChI=1S/C15H20OS/c1-3-4-5-6-7-11-17-15-10-8-9-14(12-15)13(2)16/h3,8-10,12H,1,4-7,11H2,2H3. The van der Waals surface area contributed by atoms with E-state index in [1.54, 1.807) is 6.92 Å². The minimum atomic E-state index is 0.137. The number of thioether (sulfide) groups is 1. The molecule has 0 spiro atoms. The third-order valence-corrected chi connectivity index (χ3v) is 3.64. The predicted molar refractivity (Wildman–Crippen MR) is 75.8 cm³/mol. The maximum atomic E-state index is 11.2. The van der Waals surface area contributed by atoms with Gasteiger partial charge in [-0.1, -0.05) is 24.6 Å². The summed E-state index contributed by atoms with van der Waals surface area (Å²) in [6.07, 6.45) is 6.81. The molecule has 0 unspecified atom stereocenters. The van der Waals surface area contributed by atoms with Crippen molar-refractivity contribution in [2.24, 2.45) is 0 Å². The van der Waals surface area contributed by atoms with Gasteiger partial charge in [-0.15, -0.1) is 18.3 Å². The summed E-state index contributed by atoms with van der Waals surface area (Å²) in [7, 11) is 0. The van der Waals surface area contributed by atoms with Crippen LogP contribution in [0, 0.1) is 0 Å². The normalized spacial score (nSPS) is 10.2. The first-order chi connectivity index (χ1) is 8.24. The van der Waals surface area contributed by atoms with Crippen LogP contribution in [-0.4, -0.2) is 11.5 Å². The molecule has 0 saturated heterocycles. The van der Waals surface area contributed by atoms with E-state index < -0.39 is 0 Å². The van der Waals surface area contributed by atoms with Crippen molar-refractivity contribution in [3.05, 3.63) is 42.5 Å². The quantitative estimate of drug-likeness (QED) is 0.286. The maximum Gasteiger partial charge on any atom is 0.159 e. The SMILES string of the molecule is C=CCCCCCSc1cccc(C(C)=O)c1. The number of carbonyl (C=O) groups excluding carboxylic acids is 1. The summed E-state index contributed by atoms with van der Waals surface area (Å²) in [6.45, 7) is 5.33. The molecule has 0 aliphatic carbocycles. The van der Waals surface area contributed by atoms with Gasteiger partial charge in [0.25, 0.3) is 0 Å². The van der Waals surface area contributed by atoms with Gasteiger partial charge in [-0.25, -0.2) is 0 Å². The zero-order valence-corrected chi connectivity index (χ0v) is 11.3. The average molecular weight is 248 g/mol. The van der Waals surface area contributed by atoms with Crippen molar-refractivity contribution in [1.82, 2.24) is 0 Å². The molecule has 0 bridgehead atoms. The fourth-order valence-electron chi connectivity index (χ4n) is 1.56. The Bertz CT molecular complexity index is 371. The summed E-state index contributed by atoms with van der Waals surface area (Å²) in [5.74, 6) is 1.26. The number of carbonyl (C=O) groups is 1. The molecule has 17 heavy (non-hydrogen) atoms. The third-order valence-electron chi connectivity index (χ3n) is 2.56. The molecule has 0 aromatic heterocycles. The number of unbranched alkanes of at least 4 members (excludes halogenated alkanes) is 3. The minimum absolute atomic E-state index is 0.137. The number of ketones is 1. The molecule has 0 fully saturated rings. The molecule has 1 rings (SSSR count). The van der Waals surface area contributed by atoms with Gasteiger partial charge in [0, 0.05) is 10.5 Å². The Morgan fingerprint density at radius 1 is 1.35 bits per heavy atom. The van der Waals surface area contributed by atoms with Crippen LogP contribution in [0.3, 0.4) is 0 Å². The number of hydrogen-bond acceptors (Lipinski definition) is 2. The second-order valence-corrected chi connectivity index (χ2v) is 5.24. The fourth-order valence-corrected chi connectivity index (χ4v) is 2.53. The lowest BCUT2D eigenvalue weighted by Gasteiger charge is -2.03. The molecule has 0 heterocycles. The number of Topliss-reactive ketones (excluding diaryl/α,β-unsaturated/α-hetero) is 1. The second-order valence-electron chi connectivity index (χ2n) is 4.07. The smallest absolute Gasteiger partial charge is 0.159 e. The van der Waals surface area contributed by atoms with Crippen molar-refractivity contribution in [3.8, 4) is 0 Å². The van der Waals surface area contributed by atoms with Gasteiger partial charge in [-0.3, -0.25) is 4.79 Å². The van der Waals surface area contributed by atoms with E-state index in [9.17, 15) is 4.79 Å². The highest BCUT2D eigenvalue weighted by molar-refractivity contribution is 7.99. The summed E-state index contributed by atoms with van der Waals surface area (Å²) < 4.78 is 0. The Hall–Kier alpha value is -1.02. The summed E-state index contributed by atoms with van der Waals surface area (Å²) in [6, 6.07) is 7.88. The Labute approximate surface area is 108 Å². The lowest BCUT2D eigenvalue weighted by molar-refractivity contribution is 0.101. The Morgan fingerprint density at radius 2 is 2.18 bits per heavy atom. The molecule has 1 aromatic carbocycles. The van der Waals surface area contributed by atoms with Crippen molar-refractivity contribution in [3.63, 3.8) is 0 Å². The summed E-state index contributed by atoms with van der Waals surface area (Å²) >= 11 is 1.83. The molecule has 0 amide bonds. The molecule has 2 heteroatoms. The number of allylic oxidation sites excluding steroid dienone is 1. The molecule has 0 atom stereocenters. The van der Waals surface area contributed by atoms with E-state index in [-0.39, 0.29) is 5.78 Å². The van der Waals surface area contributed by atoms with Crippen LogP contribution in [-0.2, 0) is 0 Å². The van der Waals surface area contributed by atoms with Gasteiger partial charge in [0.05, 0.1) is 0 Å². The van der Waals surface area contributed by atoms with Crippen LogP contribution in [0.1, 0.15) is 43.0 Å². The number of benzene rings is 1. The molecule has 0 N–H and O–H groups in total. The monoisotopic (exact) mass is 248 g/mol. The highest BCUT2D eigenvalue weighted by Gasteiger charge is 2.00. The fraction of sp³-hybridized carbons (Fsp3) is 0.400.